The molecule has 0 saturated carbocycles. The summed E-state index contributed by atoms with van der Waals surface area (Å²) in [5, 5.41) is 36.0. The molecule has 0 aromatic heterocycles. The lowest BCUT2D eigenvalue weighted by molar-refractivity contribution is -0.277. The van der Waals surface area contributed by atoms with Gasteiger partial charge in [0.05, 0.1) is 6.10 Å². The highest BCUT2D eigenvalue weighted by Crippen LogP contribution is 2.18. The number of aliphatic hydroxyl groups excluding tert-OH is 4. The van der Waals surface area contributed by atoms with Crippen LogP contribution in [-0.4, -0.2) is 56.6 Å². The Hall–Kier alpha value is -0.240. The fourth-order valence-electron chi connectivity index (χ4n) is 1.03. The van der Waals surface area contributed by atoms with E-state index >= 15 is 0 Å². The minimum Gasteiger partial charge on any atom is -0.412 e. The molecule has 6 N–H and O–H groups in total. The van der Waals surface area contributed by atoms with Gasteiger partial charge in [0.15, 0.2) is 6.29 Å². The van der Waals surface area contributed by atoms with Crippen molar-refractivity contribution >= 4 is 0 Å². The van der Waals surface area contributed by atoms with E-state index in [1.54, 1.807) is 0 Å². The molecule has 1 saturated heterocycles. The van der Waals surface area contributed by atoms with E-state index in [2.05, 4.69) is 4.74 Å². The molecule has 1 fully saturated rings. The van der Waals surface area contributed by atoms with E-state index in [-0.39, 0.29) is 5.48 Å². The average Bonchev–Trinajstić information content (AvgIpc) is 1.97. The second kappa shape index (κ2) is 4.13. The summed E-state index contributed by atoms with van der Waals surface area (Å²) in [7, 11) is 0. The molecule has 1 unspecified atom stereocenters. The van der Waals surface area contributed by atoms with Gasteiger partial charge in [-0.2, -0.15) is 0 Å². The molecule has 0 bridgehead atoms. The van der Waals surface area contributed by atoms with Crippen molar-refractivity contribution in [1.29, 1.82) is 0 Å². The van der Waals surface area contributed by atoms with Crippen LogP contribution >= 0.6 is 0 Å². The summed E-state index contributed by atoms with van der Waals surface area (Å²) in [4.78, 5) is 0. The van der Waals surface area contributed by atoms with Crippen LogP contribution in [0.15, 0.2) is 0 Å². The predicted molar refractivity (Wildman–Crippen MR) is 38.2 cm³/mol. The third kappa shape index (κ3) is 1.92. The van der Waals surface area contributed by atoms with Crippen molar-refractivity contribution < 1.29 is 30.6 Å². The average molecular weight is 182 g/mol. The predicted octanol–water partition coefficient (Wildman–Crippen LogP) is -3.02. The highest BCUT2D eigenvalue weighted by atomic mass is 16.6. The summed E-state index contributed by atoms with van der Waals surface area (Å²) in [6.07, 6.45) is -5.99. The van der Waals surface area contributed by atoms with Crippen LogP contribution in [0.3, 0.4) is 0 Å². The van der Waals surface area contributed by atoms with Crippen molar-refractivity contribution in [3.63, 3.8) is 0 Å². The monoisotopic (exact) mass is 182 g/mol. The maximum atomic E-state index is 9.09. The fraction of sp³-hybridized carbons (Fsp3) is 1.00. The van der Waals surface area contributed by atoms with E-state index in [9.17, 15) is 0 Å². The summed E-state index contributed by atoms with van der Waals surface area (Å²) in [5.41, 5.74) is 0. The first kappa shape index (κ1) is 11.8. The Morgan fingerprint density at radius 2 is 1.42 bits per heavy atom. The van der Waals surface area contributed by atoms with Gasteiger partial charge >= 0.3 is 0 Å². The summed E-state index contributed by atoms with van der Waals surface area (Å²) < 4.78 is 4.68. The van der Waals surface area contributed by atoms with Crippen molar-refractivity contribution in [2.24, 2.45) is 0 Å². The number of ether oxygens (including phenoxy) is 1. The molecular weight excluding hydrogens is 168 g/mol. The van der Waals surface area contributed by atoms with E-state index in [4.69, 9.17) is 20.4 Å². The van der Waals surface area contributed by atoms with Crippen LogP contribution in [0.4, 0.5) is 0 Å². The summed E-state index contributed by atoms with van der Waals surface area (Å²) in [5.74, 6) is 0. The Morgan fingerprint density at radius 1 is 0.917 bits per heavy atom. The molecule has 1 heterocycles. The van der Waals surface area contributed by atoms with Gasteiger partial charge in [0, 0.05) is 0 Å². The molecule has 6 heteroatoms. The molecule has 6 nitrogen and oxygen atoms in total. The van der Waals surface area contributed by atoms with Gasteiger partial charge in [-0.15, -0.1) is 0 Å². The van der Waals surface area contributed by atoms with Crippen molar-refractivity contribution in [3.05, 3.63) is 0 Å². The van der Waals surface area contributed by atoms with Gasteiger partial charge in [-0.25, -0.2) is 0 Å². The quantitative estimate of drug-likeness (QED) is 0.317. The van der Waals surface area contributed by atoms with Gasteiger partial charge in [0.1, 0.15) is 18.3 Å². The first-order chi connectivity index (χ1) is 5.04. The van der Waals surface area contributed by atoms with Crippen molar-refractivity contribution in [1.82, 2.24) is 0 Å². The Morgan fingerprint density at radius 3 is 1.92 bits per heavy atom. The lowest BCUT2D eigenvalue weighted by atomic mass is 10.0. The first-order valence-electron chi connectivity index (χ1n) is 3.41. The van der Waals surface area contributed by atoms with Gasteiger partial charge in [0.25, 0.3) is 0 Å². The molecule has 0 radical (unpaired) electrons. The van der Waals surface area contributed by atoms with Crippen LogP contribution < -0.4 is 0 Å². The summed E-state index contributed by atoms with van der Waals surface area (Å²) in [6.45, 7) is 1.50. The maximum absolute atomic E-state index is 9.09. The third-order valence-electron chi connectivity index (χ3n) is 1.83. The molecule has 0 aromatic rings. The topological polar surface area (TPSA) is 122 Å². The molecule has 1 aliphatic rings. The molecule has 5 atom stereocenters. The maximum Gasteiger partial charge on any atom is 0.183 e. The van der Waals surface area contributed by atoms with Crippen LogP contribution in [-0.2, 0) is 4.74 Å². The largest absolute Gasteiger partial charge is 0.412 e. The standard InChI is InChI=1S/C6H12O5.H2O/c1-2-3(7)4(8)5(9)6(10)11-2;/h2-10H,1H3;1H2/t2-,3-,4+,5+,6?;/m0./s1. The SMILES string of the molecule is C[C@@H]1OC(O)[C@H](O)[C@H](O)[C@H]1O.O. The molecule has 1 aliphatic heterocycles. The number of hydrogen-bond acceptors (Lipinski definition) is 5. The van der Waals surface area contributed by atoms with E-state index in [0.29, 0.717) is 0 Å². The fourth-order valence-corrected chi connectivity index (χ4v) is 1.03. The third-order valence-corrected chi connectivity index (χ3v) is 1.83. The first-order valence-corrected chi connectivity index (χ1v) is 3.41. The summed E-state index contributed by atoms with van der Waals surface area (Å²) in [6, 6.07) is 0. The van der Waals surface area contributed by atoms with Gasteiger partial charge < -0.3 is 30.6 Å². The van der Waals surface area contributed by atoms with Crippen molar-refractivity contribution in [2.75, 3.05) is 0 Å². The lowest BCUT2D eigenvalue weighted by Gasteiger charge is -2.36. The second-order valence-electron chi connectivity index (χ2n) is 2.70. The number of aliphatic hydroxyl groups is 4. The smallest absolute Gasteiger partial charge is 0.183 e. The molecule has 0 spiro atoms. The van der Waals surface area contributed by atoms with Gasteiger partial charge in [-0.1, -0.05) is 0 Å². The van der Waals surface area contributed by atoms with Crippen LogP contribution in [0.25, 0.3) is 0 Å². The zero-order chi connectivity index (χ0) is 8.59. The zero-order valence-corrected chi connectivity index (χ0v) is 6.58. The van der Waals surface area contributed by atoms with Gasteiger partial charge in [0.2, 0.25) is 0 Å². The molecule has 0 aliphatic carbocycles. The highest BCUT2D eigenvalue weighted by Gasteiger charge is 2.40. The van der Waals surface area contributed by atoms with Gasteiger partial charge in [-0.3, -0.25) is 0 Å². The minimum absolute atomic E-state index is 0. The molecular formula is C6H14O6. The molecule has 0 aromatic carbocycles. The molecule has 74 valence electrons. The van der Waals surface area contributed by atoms with Crippen LogP contribution in [0, 0.1) is 0 Å². The zero-order valence-electron chi connectivity index (χ0n) is 6.58. The Labute approximate surface area is 69.3 Å². The highest BCUT2D eigenvalue weighted by molar-refractivity contribution is 4.86. The van der Waals surface area contributed by atoms with Crippen LogP contribution in [0.5, 0.6) is 0 Å². The Bertz CT molecular complexity index is 126. The van der Waals surface area contributed by atoms with E-state index in [1.165, 1.54) is 6.92 Å². The van der Waals surface area contributed by atoms with E-state index in [1.807, 2.05) is 0 Å². The second-order valence-corrected chi connectivity index (χ2v) is 2.70. The van der Waals surface area contributed by atoms with E-state index < -0.39 is 30.7 Å². The van der Waals surface area contributed by atoms with Crippen LogP contribution in [0.2, 0.25) is 0 Å². The molecule has 0 amide bonds. The Balaban J connectivity index is 0.00000121. The Kier molecular flexibility index (Phi) is 4.04. The van der Waals surface area contributed by atoms with Crippen LogP contribution in [0.1, 0.15) is 6.92 Å². The number of rotatable bonds is 0. The molecule has 1 rings (SSSR count). The number of hydrogen-bond donors (Lipinski definition) is 4. The minimum atomic E-state index is -1.43. The molecule has 12 heavy (non-hydrogen) atoms. The van der Waals surface area contributed by atoms with Gasteiger partial charge in [-0.05, 0) is 6.92 Å². The lowest BCUT2D eigenvalue weighted by Crippen LogP contribution is -2.56. The van der Waals surface area contributed by atoms with Crippen molar-refractivity contribution in [2.45, 2.75) is 37.6 Å². The normalized spacial score (nSPS) is 48.2. The summed E-state index contributed by atoms with van der Waals surface area (Å²) >= 11 is 0. The van der Waals surface area contributed by atoms with Crippen molar-refractivity contribution in [3.8, 4) is 0 Å². The van der Waals surface area contributed by atoms with E-state index in [0.717, 1.165) is 0 Å².